The van der Waals surface area contributed by atoms with Gasteiger partial charge in [0.05, 0.1) is 6.20 Å². The number of hydrogen-bond donors (Lipinski definition) is 1. The topological polar surface area (TPSA) is 45.8 Å². The Hall–Kier alpha value is -1.12. The first-order chi connectivity index (χ1) is 4.74. The summed E-state index contributed by atoms with van der Waals surface area (Å²) in [5.74, 6) is 0.900. The lowest BCUT2D eigenvalue weighted by Gasteiger charge is -1.85. The number of hydrogen-bond acceptors (Lipinski definition) is 2. The molecule has 0 aliphatic rings. The van der Waals surface area contributed by atoms with Crippen molar-refractivity contribution in [1.82, 2.24) is 9.97 Å². The van der Waals surface area contributed by atoms with E-state index in [1.54, 1.807) is 6.20 Å². The number of Topliss-reactive ketones (excluding diaryl/α,β-unsaturated/α-hetero) is 1. The zero-order valence-corrected chi connectivity index (χ0v) is 6.14. The highest BCUT2D eigenvalue weighted by molar-refractivity contribution is 5.91. The van der Waals surface area contributed by atoms with E-state index < -0.39 is 0 Å². The maximum atomic E-state index is 10.7. The predicted octanol–water partition coefficient (Wildman–Crippen LogP) is 1.17. The molecule has 3 heteroatoms. The van der Waals surface area contributed by atoms with Crippen molar-refractivity contribution >= 4 is 5.78 Å². The number of nitrogens with zero attached hydrogens (tertiary/aromatic N) is 1. The highest BCUT2D eigenvalue weighted by Gasteiger charge is 2.01. The van der Waals surface area contributed by atoms with Gasteiger partial charge in [0, 0.05) is 13.3 Å². The average molecular weight is 138 g/mol. The fourth-order valence-electron chi connectivity index (χ4n) is 0.721. The van der Waals surface area contributed by atoms with Crippen molar-refractivity contribution in [3.63, 3.8) is 0 Å². The summed E-state index contributed by atoms with van der Waals surface area (Å²) in [5.41, 5.74) is 0.594. The predicted molar refractivity (Wildman–Crippen MR) is 38.0 cm³/mol. The van der Waals surface area contributed by atoms with Gasteiger partial charge >= 0.3 is 0 Å². The van der Waals surface area contributed by atoms with E-state index in [-0.39, 0.29) is 5.78 Å². The molecule has 0 saturated heterocycles. The molecule has 1 aromatic heterocycles. The Labute approximate surface area is 59.5 Å². The van der Waals surface area contributed by atoms with Crippen molar-refractivity contribution in [3.05, 3.63) is 17.7 Å². The highest BCUT2D eigenvalue weighted by Crippen LogP contribution is 1.97. The molecule has 0 spiro atoms. The van der Waals surface area contributed by atoms with Crippen molar-refractivity contribution in [1.29, 1.82) is 0 Å². The summed E-state index contributed by atoms with van der Waals surface area (Å²) in [4.78, 5) is 17.6. The van der Waals surface area contributed by atoms with Crippen LogP contribution in [0.1, 0.15) is 30.2 Å². The summed E-state index contributed by atoms with van der Waals surface area (Å²) in [6, 6.07) is 0. The third-order valence-corrected chi connectivity index (χ3v) is 1.34. The van der Waals surface area contributed by atoms with Gasteiger partial charge in [0.2, 0.25) is 0 Å². The van der Waals surface area contributed by atoms with E-state index in [2.05, 4.69) is 9.97 Å². The first-order valence-corrected chi connectivity index (χ1v) is 3.29. The minimum atomic E-state index is 0.0344. The Balaban J connectivity index is 2.88. The van der Waals surface area contributed by atoms with E-state index in [1.165, 1.54) is 6.92 Å². The van der Waals surface area contributed by atoms with Crippen LogP contribution in [0.2, 0.25) is 0 Å². The lowest BCUT2D eigenvalue weighted by molar-refractivity contribution is 0.101. The number of rotatable bonds is 2. The van der Waals surface area contributed by atoms with E-state index >= 15 is 0 Å². The van der Waals surface area contributed by atoms with Gasteiger partial charge in [0.25, 0.3) is 0 Å². The van der Waals surface area contributed by atoms with Gasteiger partial charge in [0.1, 0.15) is 11.5 Å². The molecule has 54 valence electrons. The Morgan fingerprint density at radius 2 is 2.50 bits per heavy atom. The molecule has 0 aromatic carbocycles. The smallest absolute Gasteiger partial charge is 0.177 e. The number of carbonyl (C=O) groups excluding carboxylic acids is 1. The second kappa shape index (κ2) is 2.64. The van der Waals surface area contributed by atoms with Crippen LogP contribution in [0.3, 0.4) is 0 Å². The normalized spacial score (nSPS) is 9.80. The van der Waals surface area contributed by atoms with Crippen LogP contribution in [0.5, 0.6) is 0 Å². The molecule has 0 unspecified atom stereocenters. The molecule has 0 aliphatic heterocycles. The van der Waals surface area contributed by atoms with Gasteiger partial charge in [0.15, 0.2) is 5.78 Å². The molecule has 0 aliphatic carbocycles. The Kier molecular flexibility index (Phi) is 1.85. The van der Waals surface area contributed by atoms with Crippen LogP contribution < -0.4 is 0 Å². The highest BCUT2D eigenvalue weighted by atomic mass is 16.1. The van der Waals surface area contributed by atoms with E-state index in [0.29, 0.717) is 5.69 Å². The van der Waals surface area contributed by atoms with Gasteiger partial charge in [-0.15, -0.1) is 0 Å². The Morgan fingerprint density at radius 3 is 2.80 bits per heavy atom. The summed E-state index contributed by atoms with van der Waals surface area (Å²) in [5, 5.41) is 0. The monoisotopic (exact) mass is 138 g/mol. The summed E-state index contributed by atoms with van der Waals surface area (Å²) < 4.78 is 0. The third-order valence-electron chi connectivity index (χ3n) is 1.34. The van der Waals surface area contributed by atoms with Crippen molar-refractivity contribution in [3.8, 4) is 0 Å². The zero-order valence-electron chi connectivity index (χ0n) is 6.14. The van der Waals surface area contributed by atoms with Crippen molar-refractivity contribution in [2.75, 3.05) is 0 Å². The number of H-pyrrole nitrogens is 1. The molecule has 0 fully saturated rings. The molecule has 1 N–H and O–H groups in total. The van der Waals surface area contributed by atoms with E-state index in [1.807, 2.05) is 6.92 Å². The first-order valence-electron chi connectivity index (χ1n) is 3.29. The molecule has 0 saturated carbocycles. The Bertz CT molecular complexity index is 240. The molecule has 1 rings (SSSR count). The number of imidazole rings is 1. The minimum Gasteiger partial charge on any atom is -0.340 e. The Morgan fingerprint density at radius 1 is 1.80 bits per heavy atom. The van der Waals surface area contributed by atoms with Crippen LogP contribution in [0.15, 0.2) is 6.20 Å². The fourth-order valence-corrected chi connectivity index (χ4v) is 0.721. The lowest BCUT2D eigenvalue weighted by atomic mass is 10.3. The lowest BCUT2D eigenvalue weighted by Crippen LogP contribution is -1.91. The number of nitrogens with one attached hydrogen (secondary N) is 1. The van der Waals surface area contributed by atoms with Crippen molar-refractivity contribution in [2.24, 2.45) is 0 Å². The average Bonchev–Trinajstić information content (AvgIpc) is 2.34. The molecular weight excluding hydrogens is 128 g/mol. The molecule has 0 atom stereocenters. The van der Waals surface area contributed by atoms with Gasteiger partial charge in [-0.3, -0.25) is 4.79 Å². The molecule has 0 amide bonds. The van der Waals surface area contributed by atoms with E-state index in [0.717, 1.165) is 12.2 Å². The van der Waals surface area contributed by atoms with Crippen LogP contribution in [0, 0.1) is 0 Å². The number of aryl methyl sites for hydroxylation is 1. The molecule has 1 aromatic rings. The van der Waals surface area contributed by atoms with Crippen LogP contribution >= 0.6 is 0 Å². The van der Waals surface area contributed by atoms with E-state index in [9.17, 15) is 4.79 Å². The van der Waals surface area contributed by atoms with Crippen LogP contribution in [0.4, 0.5) is 0 Å². The molecule has 10 heavy (non-hydrogen) atoms. The second-order valence-electron chi connectivity index (χ2n) is 2.15. The number of aromatic nitrogens is 2. The van der Waals surface area contributed by atoms with Gasteiger partial charge in [-0.05, 0) is 0 Å². The largest absolute Gasteiger partial charge is 0.340 e. The third kappa shape index (κ3) is 1.23. The van der Waals surface area contributed by atoms with Crippen molar-refractivity contribution in [2.45, 2.75) is 20.3 Å². The fraction of sp³-hybridized carbons (Fsp3) is 0.429. The standard InChI is InChI=1S/C7H10N2O/c1-3-7-8-4-6(9-7)5(2)10/h4H,3H2,1-2H3,(H,8,9). The van der Waals surface area contributed by atoms with Crippen LogP contribution in [-0.2, 0) is 6.42 Å². The summed E-state index contributed by atoms with van der Waals surface area (Å²) >= 11 is 0. The number of ketones is 1. The van der Waals surface area contributed by atoms with E-state index in [4.69, 9.17) is 0 Å². The maximum Gasteiger partial charge on any atom is 0.177 e. The van der Waals surface area contributed by atoms with Crippen LogP contribution in [-0.4, -0.2) is 15.8 Å². The van der Waals surface area contributed by atoms with Crippen molar-refractivity contribution < 1.29 is 4.79 Å². The second-order valence-corrected chi connectivity index (χ2v) is 2.15. The van der Waals surface area contributed by atoms with Crippen LogP contribution in [0.25, 0.3) is 0 Å². The summed E-state index contributed by atoms with van der Waals surface area (Å²) in [7, 11) is 0. The molecule has 0 radical (unpaired) electrons. The van der Waals surface area contributed by atoms with Gasteiger partial charge in [-0.2, -0.15) is 0 Å². The summed E-state index contributed by atoms with van der Waals surface area (Å²) in [6.45, 7) is 3.51. The number of carbonyl (C=O) groups is 1. The van der Waals surface area contributed by atoms with Gasteiger partial charge < -0.3 is 4.98 Å². The molecule has 1 heterocycles. The minimum absolute atomic E-state index is 0.0344. The molecule has 3 nitrogen and oxygen atoms in total. The zero-order chi connectivity index (χ0) is 7.56. The SMILES string of the molecule is CCc1ncc(C(C)=O)[nH]1. The first kappa shape index (κ1) is 6.99. The summed E-state index contributed by atoms with van der Waals surface area (Å²) in [6.07, 6.45) is 2.41. The number of aromatic amines is 1. The quantitative estimate of drug-likeness (QED) is 0.623. The molecule has 0 bridgehead atoms. The van der Waals surface area contributed by atoms with Gasteiger partial charge in [-0.1, -0.05) is 6.92 Å². The van der Waals surface area contributed by atoms with Gasteiger partial charge in [-0.25, -0.2) is 4.98 Å². The molecular formula is C7H10N2O. The maximum absolute atomic E-state index is 10.7.